The highest BCUT2D eigenvalue weighted by Gasteiger charge is 2.19. The molecule has 0 unspecified atom stereocenters. The Labute approximate surface area is 103 Å². The Morgan fingerprint density at radius 2 is 2.28 bits per heavy atom. The molecule has 1 aromatic heterocycles. The first kappa shape index (κ1) is 14.0. The molecule has 0 saturated heterocycles. The number of hydrogen-bond donors (Lipinski definition) is 0. The van der Waals surface area contributed by atoms with Gasteiger partial charge in [-0.3, -0.25) is 9.78 Å². The monoisotopic (exact) mass is 254 g/mol. The lowest BCUT2D eigenvalue weighted by atomic mass is 10.1. The second-order valence-corrected chi connectivity index (χ2v) is 3.55. The Balaban J connectivity index is 3.14. The maximum atomic E-state index is 12.8. The van der Waals surface area contributed by atoms with Crippen molar-refractivity contribution in [3.8, 4) is 6.07 Å². The van der Waals surface area contributed by atoms with Crippen LogP contribution in [-0.2, 0) is 16.0 Å². The summed E-state index contributed by atoms with van der Waals surface area (Å²) in [5.41, 5.74) is -0.0377. The predicted octanol–water partition coefficient (Wildman–Crippen LogP) is 2.30. The summed E-state index contributed by atoms with van der Waals surface area (Å²) in [6.07, 6.45) is -3.10. The average Bonchev–Trinajstić information content (AvgIpc) is 2.29. The van der Waals surface area contributed by atoms with E-state index in [-0.39, 0.29) is 24.3 Å². The molecule has 1 heterocycles. The van der Waals surface area contributed by atoms with E-state index in [0.29, 0.717) is 5.69 Å². The van der Waals surface area contributed by atoms with Gasteiger partial charge in [0.15, 0.2) is 0 Å². The minimum Gasteiger partial charge on any atom is -0.466 e. The average molecular weight is 254 g/mol. The van der Waals surface area contributed by atoms with Crippen molar-refractivity contribution in [3.63, 3.8) is 0 Å². The summed E-state index contributed by atoms with van der Waals surface area (Å²) in [6.45, 7) is 3.34. The fourth-order valence-corrected chi connectivity index (χ4v) is 1.46. The van der Waals surface area contributed by atoms with Crippen molar-refractivity contribution in [1.29, 1.82) is 5.26 Å². The minimum atomic E-state index is -2.78. The Bertz CT molecular complexity index is 496. The number of halogens is 2. The smallest absolute Gasteiger partial charge is 0.311 e. The molecular formula is C12H12F2N2O2. The Hall–Kier alpha value is -2.03. The molecule has 6 heteroatoms. The second-order valence-electron chi connectivity index (χ2n) is 3.55. The number of carbonyl (C=O) groups excluding carboxylic acids is 1. The molecule has 96 valence electrons. The van der Waals surface area contributed by atoms with E-state index < -0.39 is 18.0 Å². The van der Waals surface area contributed by atoms with Gasteiger partial charge in [0.2, 0.25) is 0 Å². The van der Waals surface area contributed by atoms with Gasteiger partial charge in [-0.15, -0.1) is 0 Å². The van der Waals surface area contributed by atoms with Gasteiger partial charge in [0.05, 0.1) is 30.0 Å². The van der Waals surface area contributed by atoms with Gasteiger partial charge in [-0.25, -0.2) is 8.78 Å². The number of aromatic nitrogens is 1. The topological polar surface area (TPSA) is 63.0 Å². The third kappa shape index (κ3) is 3.23. The minimum absolute atomic E-state index is 0.0417. The number of carbonyl (C=O) groups is 1. The number of pyridine rings is 1. The molecular weight excluding hydrogens is 242 g/mol. The summed E-state index contributed by atoms with van der Waals surface area (Å²) < 4.78 is 30.3. The standard InChI is InChI=1S/C12H12F2N2O2/c1-3-18-11(17)5-10-9(12(13)14)4-8(6-15)7(2)16-10/h4,12H,3,5H2,1-2H3. The van der Waals surface area contributed by atoms with Crippen molar-refractivity contribution in [1.82, 2.24) is 4.98 Å². The lowest BCUT2D eigenvalue weighted by molar-refractivity contribution is -0.142. The zero-order valence-electron chi connectivity index (χ0n) is 10.0. The van der Waals surface area contributed by atoms with E-state index >= 15 is 0 Å². The number of esters is 1. The van der Waals surface area contributed by atoms with Crippen molar-refractivity contribution >= 4 is 5.97 Å². The second kappa shape index (κ2) is 6.05. The van der Waals surface area contributed by atoms with Gasteiger partial charge in [0.25, 0.3) is 6.43 Å². The molecule has 0 bridgehead atoms. The van der Waals surface area contributed by atoms with Gasteiger partial charge < -0.3 is 4.74 Å². The van der Waals surface area contributed by atoms with Crippen LogP contribution in [0.4, 0.5) is 8.78 Å². The van der Waals surface area contributed by atoms with Gasteiger partial charge >= 0.3 is 5.97 Å². The summed E-state index contributed by atoms with van der Waals surface area (Å²) in [5, 5.41) is 8.76. The fraction of sp³-hybridized carbons (Fsp3) is 0.417. The summed E-state index contributed by atoms with van der Waals surface area (Å²) in [6, 6.07) is 2.86. The quantitative estimate of drug-likeness (QED) is 0.773. The van der Waals surface area contributed by atoms with Gasteiger partial charge in [-0.2, -0.15) is 5.26 Å². The maximum absolute atomic E-state index is 12.8. The highest BCUT2D eigenvalue weighted by Crippen LogP contribution is 2.24. The highest BCUT2D eigenvalue weighted by atomic mass is 19.3. The number of nitriles is 1. The zero-order chi connectivity index (χ0) is 13.7. The van der Waals surface area contributed by atoms with E-state index in [1.807, 2.05) is 0 Å². The number of hydrogen-bond acceptors (Lipinski definition) is 4. The third-order valence-corrected chi connectivity index (χ3v) is 2.30. The fourth-order valence-electron chi connectivity index (χ4n) is 1.46. The number of rotatable bonds is 4. The van der Waals surface area contributed by atoms with Crippen LogP contribution in [0.2, 0.25) is 0 Å². The molecule has 1 aromatic rings. The van der Waals surface area contributed by atoms with E-state index in [9.17, 15) is 13.6 Å². The number of nitrogens with zero attached hydrogens (tertiary/aromatic N) is 2. The molecule has 0 aliphatic heterocycles. The predicted molar refractivity (Wildman–Crippen MR) is 59.0 cm³/mol. The molecule has 4 nitrogen and oxygen atoms in total. The van der Waals surface area contributed by atoms with Gasteiger partial charge in [-0.05, 0) is 19.9 Å². The Morgan fingerprint density at radius 3 is 2.78 bits per heavy atom. The third-order valence-electron chi connectivity index (χ3n) is 2.30. The lowest BCUT2D eigenvalue weighted by Crippen LogP contribution is -2.12. The SMILES string of the molecule is CCOC(=O)Cc1nc(C)c(C#N)cc1C(F)F. The molecule has 0 saturated carbocycles. The largest absolute Gasteiger partial charge is 0.466 e. The van der Waals surface area contributed by atoms with Crippen LogP contribution in [-0.4, -0.2) is 17.6 Å². The van der Waals surface area contributed by atoms with Gasteiger partial charge in [-0.1, -0.05) is 0 Å². The van der Waals surface area contributed by atoms with Crippen molar-refractivity contribution in [2.45, 2.75) is 26.7 Å². The van der Waals surface area contributed by atoms with Gasteiger partial charge in [0.1, 0.15) is 6.07 Å². The van der Waals surface area contributed by atoms with Crippen LogP contribution < -0.4 is 0 Å². The molecule has 0 fully saturated rings. The van der Waals surface area contributed by atoms with Crippen LogP contribution in [0, 0.1) is 18.3 Å². The van der Waals surface area contributed by atoms with Crippen LogP contribution in [0.25, 0.3) is 0 Å². The van der Waals surface area contributed by atoms with E-state index in [0.717, 1.165) is 6.07 Å². The van der Waals surface area contributed by atoms with Crippen LogP contribution in [0.3, 0.4) is 0 Å². The van der Waals surface area contributed by atoms with Crippen LogP contribution >= 0.6 is 0 Å². The van der Waals surface area contributed by atoms with Crippen molar-refractivity contribution < 1.29 is 18.3 Å². The number of ether oxygens (including phenoxy) is 1. The van der Waals surface area contributed by atoms with E-state index in [4.69, 9.17) is 5.26 Å². The highest BCUT2D eigenvalue weighted by molar-refractivity contribution is 5.72. The first-order chi connectivity index (χ1) is 8.49. The molecule has 0 aliphatic rings. The molecule has 0 atom stereocenters. The molecule has 0 amide bonds. The summed E-state index contributed by atoms with van der Waals surface area (Å²) in [5.74, 6) is -0.615. The zero-order valence-corrected chi connectivity index (χ0v) is 10.0. The summed E-state index contributed by atoms with van der Waals surface area (Å²) in [4.78, 5) is 15.2. The molecule has 0 spiro atoms. The summed E-state index contributed by atoms with van der Waals surface area (Å²) >= 11 is 0. The van der Waals surface area contributed by atoms with Crippen molar-refractivity contribution in [2.75, 3.05) is 6.61 Å². The van der Waals surface area contributed by atoms with Crippen LogP contribution in [0.15, 0.2) is 6.07 Å². The van der Waals surface area contributed by atoms with Crippen LogP contribution in [0.1, 0.15) is 35.9 Å². The number of alkyl halides is 2. The molecule has 1 rings (SSSR count). The number of aryl methyl sites for hydroxylation is 1. The van der Waals surface area contributed by atoms with E-state index in [1.165, 1.54) is 6.92 Å². The molecule has 0 N–H and O–H groups in total. The first-order valence-corrected chi connectivity index (χ1v) is 5.33. The Kier molecular flexibility index (Phi) is 4.72. The molecule has 0 aromatic carbocycles. The maximum Gasteiger partial charge on any atom is 0.311 e. The first-order valence-electron chi connectivity index (χ1n) is 5.33. The van der Waals surface area contributed by atoms with Gasteiger partial charge in [0, 0.05) is 5.56 Å². The molecule has 18 heavy (non-hydrogen) atoms. The van der Waals surface area contributed by atoms with Crippen molar-refractivity contribution in [2.24, 2.45) is 0 Å². The Morgan fingerprint density at radius 1 is 1.61 bits per heavy atom. The molecule has 0 aliphatic carbocycles. The van der Waals surface area contributed by atoms with Crippen molar-refractivity contribution in [3.05, 3.63) is 28.6 Å². The van der Waals surface area contributed by atoms with Crippen LogP contribution in [0.5, 0.6) is 0 Å². The van der Waals surface area contributed by atoms with E-state index in [2.05, 4.69) is 9.72 Å². The normalized spacial score (nSPS) is 10.2. The molecule has 0 radical (unpaired) electrons. The van der Waals surface area contributed by atoms with E-state index in [1.54, 1.807) is 13.0 Å². The lowest BCUT2D eigenvalue weighted by Gasteiger charge is -2.09. The summed E-state index contributed by atoms with van der Waals surface area (Å²) in [7, 11) is 0.